The molecular formula is C22H20Cl2FN3O. The number of hydrogen-bond acceptors (Lipinski definition) is 2. The Hall–Kier alpha value is -2.37. The van der Waals surface area contributed by atoms with Gasteiger partial charge in [-0.25, -0.2) is 9.07 Å². The van der Waals surface area contributed by atoms with Crippen LogP contribution >= 0.6 is 23.2 Å². The first-order chi connectivity index (χ1) is 13.9. The molecule has 4 rings (SSSR count). The van der Waals surface area contributed by atoms with Gasteiger partial charge in [-0.1, -0.05) is 47.5 Å². The van der Waals surface area contributed by atoms with Gasteiger partial charge in [0, 0.05) is 17.0 Å². The van der Waals surface area contributed by atoms with Crippen LogP contribution in [0.3, 0.4) is 0 Å². The van der Waals surface area contributed by atoms with Gasteiger partial charge in [0.1, 0.15) is 11.0 Å². The van der Waals surface area contributed by atoms with Crippen molar-refractivity contribution in [1.29, 1.82) is 0 Å². The Morgan fingerprint density at radius 3 is 2.41 bits per heavy atom. The van der Waals surface area contributed by atoms with Gasteiger partial charge in [0.15, 0.2) is 0 Å². The lowest BCUT2D eigenvalue weighted by Crippen LogP contribution is -2.32. The lowest BCUT2D eigenvalue weighted by molar-refractivity contribution is 0.0949. The van der Waals surface area contributed by atoms with E-state index in [4.69, 9.17) is 23.2 Å². The molecule has 3 aromatic rings. The number of amides is 1. The molecule has 0 saturated heterocycles. The molecule has 0 radical (unpaired) electrons. The number of nitrogens with one attached hydrogen (secondary N) is 1. The lowest BCUT2D eigenvalue weighted by atomic mass is 9.96. The maximum Gasteiger partial charge on any atom is 0.256 e. The zero-order chi connectivity index (χ0) is 20.6. The van der Waals surface area contributed by atoms with E-state index in [9.17, 15) is 9.18 Å². The van der Waals surface area contributed by atoms with Crippen molar-refractivity contribution in [3.63, 3.8) is 0 Å². The van der Waals surface area contributed by atoms with Crippen LogP contribution in [0.4, 0.5) is 4.39 Å². The molecule has 1 saturated carbocycles. The third-order valence-corrected chi connectivity index (χ3v) is 6.07. The topological polar surface area (TPSA) is 46.9 Å². The molecule has 1 aliphatic rings. The quantitative estimate of drug-likeness (QED) is 0.586. The molecule has 2 aromatic carbocycles. The molecule has 1 N–H and O–H groups in total. The van der Waals surface area contributed by atoms with E-state index in [1.807, 2.05) is 24.3 Å². The third kappa shape index (κ3) is 4.16. The van der Waals surface area contributed by atoms with Crippen molar-refractivity contribution in [3.05, 3.63) is 86.9 Å². The van der Waals surface area contributed by atoms with Crippen molar-refractivity contribution >= 4 is 29.1 Å². The van der Waals surface area contributed by atoms with E-state index in [-0.39, 0.29) is 22.3 Å². The highest BCUT2D eigenvalue weighted by atomic mass is 35.5. The van der Waals surface area contributed by atoms with Gasteiger partial charge in [-0.2, -0.15) is 5.10 Å². The fraction of sp³-hybridized carbons (Fsp3) is 0.273. The minimum atomic E-state index is -0.300. The summed E-state index contributed by atoms with van der Waals surface area (Å²) in [5.74, 6) is -0.538. The standard InChI is InChI=1S/C22H20Cl2FN3O/c1-14-19(20(24)28(27-14)12-15-2-8-18(25)9-3-15)21(29)26-13-22(10-11-22)16-4-6-17(23)7-5-16/h2-9H,10-13H2,1H3,(H,26,29). The Balaban J connectivity index is 1.47. The van der Waals surface area contributed by atoms with E-state index < -0.39 is 0 Å². The minimum absolute atomic E-state index is 0.0370. The van der Waals surface area contributed by atoms with Gasteiger partial charge in [0.25, 0.3) is 5.91 Å². The third-order valence-electron chi connectivity index (χ3n) is 5.44. The normalized spacial score (nSPS) is 14.6. The number of rotatable bonds is 6. The first-order valence-electron chi connectivity index (χ1n) is 9.40. The van der Waals surface area contributed by atoms with Crippen molar-refractivity contribution < 1.29 is 9.18 Å². The highest BCUT2D eigenvalue weighted by Crippen LogP contribution is 2.47. The fourth-order valence-corrected chi connectivity index (χ4v) is 3.98. The molecule has 0 atom stereocenters. The smallest absolute Gasteiger partial charge is 0.256 e. The summed E-state index contributed by atoms with van der Waals surface area (Å²) < 4.78 is 14.7. The summed E-state index contributed by atoms with van der Waals surface area (Å²) in [6.45, 7) is 2.66. The number of halogens is 3. The zero-order valence-corrected chi connectivity index (χ0v) is 17.4. The van der Waals surface area contributed by atoms with Gasteiger partial charge in [0.2, 0.25) is 0 Å². The van der Waals surface area contributed by atoms with Crippen LogP contribution in [0, 0.1) is 12.7 Å². The maximum atomic E-state index is 13.1. The highest BCUT2D eigenvalue weighted by Gasteiger charge is 2.44. The van der Waals surface area contributed by atoms with E-state index >= 15 is 0 Å². The average Bonchev–Trinajstić information content (AvgIpc) is 3.43. The van der Waals surface area contributed by atoms with E-state index in [0.717, 1.165) is 18.4 Å². The van der Waals surface area contributed by atoms with Crippen molar-refractivity contribution in [2.24, 2.45) is 0 Å². The van der Waals surface area contributed by atoms with E-state index in [1.54, 1.807) is 23.7 Å². The summed E-state index contributed by atoms with van der Waals surface area (Å²) in [6, 6.07) is 13.9. The van der Waals surface area contributed by atoms with Crippen LogP contribution < -0.4 is 5.32 Å². The summed E-state index contributed by atoms with van der Waals surface area (Å²) in [7, 11) is 0. The fourth-order valence-electron chi connectivity index (χ4n) is 3.54. The number of hydrogen-bond donors (Lipinski definition) is 1. The van der Waals surface area contributed by atoms with Crippen molar-refractivity contribution in [2.75, 3.05) is 6.54 Å². The molecule has 4 nitrogen and oxygen atoms in total. The Bertz CT molecular complexity index is 1040. The van der Waals surface area contributed by atoms with Crippen LogP contribution in [-0.4, -0.2) is 22.2 Å². The molecule has 0 unspecified atom stereocenters. The second kappa shape index (κ2) is 7.81. The summed E-state index contributed by atoms with van der Waals surface area (Å²) in [5.41, 5.74) is 2.93. The van der Waals surface area contributed by atoms with Crippen LogP contribution in [0.15, 0.2) is 48.5 Å². The van der Waals surface area contributed by atoms with Crippen LogP contribution in [0.1, 0.15) is 40.0 Å². The zero-order valence-electron chi connectivity index (χ0n) is 15.9. The molecule has 0 bridgehead atoms. The monoisotopic (exact) mass is 431 g/mol. The summed E-state index contributed by atoms with van der Waals surface area (Å²) in [4.78, 5) is 12.8. The van der Waals surface area contributed by atoms with Gasteiger partial charge in [-0.15, -0.1) is 0 Å². The van der Waals surface area contributed by atoms with E-state index in [2.05, 4.69) is 10.4 Å². The van der Waals surface area contributed by atoms with Gasteiger partial charge < -0.3 is 5.32 Å². The molecule has 0 spiro atoms. The van der Waals surface area contributed by atoms with Gasteiger partial charge in [0.05, 0.1) is 17.8 Å². The Kier molecular flexibility index (Phi) is 5.36. The molecular weight excluding hydrogens is 412 g/mol. The SMILES string of the molecule is Cc1nn(Cc2ccc(F)cc2)c(Cl)c1C(=O)NCC1(c2ccc(Cl)cc2)CC1. The Labute approximate surface area is 178 Å². The number of aromatic nitrogens is 2. The van der Waals surface area contributed by atoms with Crippen LogP contribution in [0.2, 0.25) is 10.2 Å². The first-order valence-corrected chi connectivity index (χ1v) is 10.2. The lowest BCUT2D eigenvalue weighted by Gasteiger charge is -2.17. The number of benzene rings is 2. The number of aryl methyl sites for hydroxylation is 1. The van der Waals surface area contributed by atoms with Crippen LogP contribution in [0.5, 0.6) is 0 Å². The minimum Gasteiger partial charge on any atom is -0.351 e. The van der Waals surface area contributed by atoms with Crippen molar-refractivity contribution in [2.45, 2.75) is 31.7 Å². The van der Waals surface area contributed by atoms with Crippen molar-refractivity contribution in [1.82, 2.24) is 15.1 Å². The molecule has 1 heterocycles. The predicted octanol–water partition coefficient (Wildman–Crippen LogP) is 5.15. The van der Waals surface area contributed by atoms with E-state index in [1.165, 1.54) is 17.7 Å². The molecule has 0 aliphatic heterocycles. The molecule has 150 valence electrons. The predicted molar refractivity (Wildman–Crippen MR) is 112 cm³/mol. The van der Waals surface area contributed by atoms with Gasteiger partial charge in [-0.05, 0) is 55.2 Å². The van der Waals surface area contributed by atoms with Crippen LogP contribution in [-0.2, 0) is 12.0 Å². The summed E-state index contributed by atoms with van der Waals surface area (Å²) in [5, 5.41) is 8.39. The van der Waals surface area contributed by atoms with E-state index in [0.29, 0.717) is 29.4 Å². The molecule has 1 aromatic heterocycles. The second-order valence-electron chi connectivity index (χ2n) is 7.51. The molecule has 29 heavy (non-hydrogen) atoms. The summed E-state index contributed by atoms with van der Waals surface area (Å²) in [6.07, 6.45) is 2.04. The Morgan fingerprint density at radius 1 is 1.14 bits per heavy atom. The first kappa shape index (κ1) is 19.9. The number of carbonyl (C=O) groups is 1. The van der Waals surface area contributed by atoms with Crippen molar-refractivity contribution in [3.8, 4) is 0 Å². The Morgan fingerprint density at radius 2 is 1.79 bits per heavy atom. The van der Waals surface area contributed by atoms with Gasteiger partial charge in [-0.3, -0.25) is 4.79 Å². The van der Waals surface area contributed by atoms with Gasteiger partial charge >= 0.3 is 0 Å². The number of carbonyl (C=O) groups excluding carboxylic acids is 1. The average molecular weight is 432 g/mol. The van der Waals surface area contributed by atoms with Crippen LogP contribution in [0.25, 0.3) is 0 Å². The summed E-state index contributed by atoms with van der Waals surface area (Å²) >= 11 is 12.4. The largest absolute Gasteiger partial charge is 0.351 e. The number of nitrogens with zero attached hydrogens (tertiary/aromatic N) is 2. The maximum absolute atomic E-state index is 13.1. The highest BCUT2D eigenvalue weighted by molar-refractivity contribution is 6.33. The molecule has 7 heteroatoms. The second-order valence-corrected chi connectivity index (χ2v) is 8.30. The molecule has 1 fully saturated rings. The molecule has 1 amide bonds. The molecule has 1 aliphatic carbocycles.